The third kappa shape index (κ3) is 4.39. The molecule has 0 fully saturated rings. The summed E-state index contributed by atoms with van der Waals surface area (Å²) in [4.78, 5) is 0. The molecule has 0 radical (unpaired) electrons. The molecule has 0 saturated heterocycles. The Hall–Kier alpha value is -2.16. The van der Waals surface area contributed by atoms with E-state index in [1.165, 1.54) is 32.3 Å². The molecule has 0 aliphatic rings. The summed E-state index contributed by atoms with van der Waals surface area (Å²) in [5, 5.41) is 11.2. The van der Waals surface area contributed by atoms with Crippen LogP contribution in [0.3, 0.4) is 0 Å². The van der Waals surface area contributed by atoms with E-state index >= 15 is 0 Å². The lowest BCUT2D eigenvalue weighted by atomic mass is 10.0. The van der Waals surface area contributed by atoms with Gasteiger partial charge in [-0.2, -0.15) is 0 Å². The highest BCUT2D eigenvalue weighted by Gasteiger charge is 2.35. The Morgan fingerprint density at radius 2 is 0.655 bits per heavy atom. The fourth-order valence-electron chi connectivity index (χ4n) is 3.89. The summed E-state index contributed by atoms with van der Waals surface area (Å²) in [5.74, 6) is 1.57. The van der Waals surface area contributed by atoms with Crippen molar-refractivity contribution in [2.45, 2.75) is 59.3 Å². The first-order valence-corrected chi connectivity index (χ1v) is 12.9. The molecule has 0 aliphatic carbocycles. The molecule has 0 amide bonds. The van der Waals surface area contributed by atoms with E-state index in [1.807, 2.05) is 0 Å². The number of benzene rings is 3. The van der Waals surface area contributed by atoms with Gasteiger partial charge in [0.1, 0.15) is 0 Å². The summed E-state index contributed by atoms with van der Waals surface area (Å²) in [6.07, 6.45) is 0. The van der Waals surface area contributed by atoms with Crippen LogP contribution in [0.4, 0.5) is 0 Å². The molecular formula is C27H35NSi. The first kappa shape index (κ1) is 21.5. The fourth-order valence-corrected chi connectivity index (χ4v) is 6.97. The lowest BCUT2D eigenvalue weighted by molar-refractivity contribution is 0.867. The van der Waals surface area contributed by atoms with Crippen molar-refractivity contribution in [3.63, 3.8) is 0 Å². The van der Waals surface area contributed by atoms with Crippen molar-refractivity contribution in [1.82, 2.24) is 0 Å². The summed E-state index contributed by atoms with van der Waals surface area (Å²) in [5.41, 5.74) is 4.07. The minimum Gasteiger partial charge on any atom is -0.340 e. The second kappa shape index (κ2) is 8.69. The summed E-state index contributed by atoms with van der Waals surface area (Å²) in [6, 6.07) is 27.0. The van der Waals surface area contributed by atoms with E-state index in [0.29, 0.717) is 17.8 Å². The Labute approximate surface area is 178 Å². The zero-order valence-corrected chi connectivity index (χ0v) is 19.7. The van der Waals surface area contributed by atoms with Crippen LogP contribution in [0.1, 0.15) is 76.0 Å². The summed E-state index contributed by atoms with van der Waals surface area (Å²) in [6.45, 7) is 13.4. The molecular weight excluding hydrogens is 366 g/mol. The van der Waals surface area contributed by atoms with Crippen molar-refractivity contribution in [3.8, 4) is 0 Å². The molecule has 3 aromatic rings. The minimum atomic E-state index is -2.55. The van der Waals surface area contributed by atoms with E-state index in [1.54, 1.807) is 0 Å². The average molecular weight is 402 g/mol. The second-order valence-corrected chi connectivity index (χ2v) is 12.5. The molecule has 1 nitrogen and oxygen atoms in total. The van der Waals surface area contributed by atoms with E-state index in [4.69, 9.17) is 5.40 Å². The lowest BCUT2D eigenvalue weighted by Gasteiger charge is -2.29. The van der Waals surface area contributed by atoms with Gasteiger partial charge in [0.15, 0.2) is 0 Å². The van der Waals surface area contributed by atoms with Crippen LogP contribution in [0.15, 0.2) is 72.8 Å². The Morgan fingerprint density at radius 3 is 0.828 bits per heavy atom. The van der Waals surface area contributed by atoms with Crippen molar-refractivity contribution < 1.29 is 0 Å². The molecule has 0 bridgehead atoms. The zero-order valence-electron chi connectivity index (χ0n) is 18.7. The molecule has 0 aliphatic heterocycles. The van der Waals surface area contributed by atoms with Crippen LogP contribution in [0.25, 0.3) is 0 Å². The topological polar surface area (TPSA) is 26.0 Å². The molecule has 0 spiro atoms. The molecule has 2 N–H and O–H groups in total. The molecule has 29 heavy (non-hydrogen) atoms. The monoisotopic (exact) mass is 401 g/mol. The van der Waals surface area contributed by atoms with Gasteiger partial charge < -0.3 is 5.40 Å². The van der Waals surface area contributed by atoms with Gasteiger partial charge in [-0.15, -0.1) is 0 Å². The van der Waals surface area contributed by atoms with Crippen molar-refractivity contribution in [3.05, 3.63) is 89.5 Å². The van der Waals surface area contributed by atoms with Crippen LogP contribution in [0, 0.1) is 0 Å². The largest absolute Gasteiger partial charge is 0.340 e. The summed E-state index contributed by atoms with van der Waals surface area (Å²) in [7, 11) is -2.55. The first-order valence-electron chi connectivity index (χ1n) is 10.8. The Kier molecular flexibility index (Phi) is 6.45. The minimum absolute atomic E-state index is 0.522. The molecule has 0 saturated carbocycles. The van der Waals surface area contributed by atoms with E-state index in [0.717, 1.165) is 0 Å². The summed E-state index contributed by atoms with van der Waals surface area (Å²) >= 11 is 0. The van der Waals surface area contributed by atoms with Gasteiger partial charge >= 0.3 is 0 Å². The number of hydrogen-bond acceptors (Lipinski definition) is 1. The van der Waals surface area contributed by atoms with Crippen LogP contribution < -0.4 is 21.0 Å². The normalized spacial score (nSPS) is 12.2. The van der Waals surface area contributed by atoms with Gasteiger partial charge in [-0.3, -0.25) is 0 Å². The van der Waals surface area contributed by atoms with Gasteiger partial charge in [-0.25, -0.2) is 0 Å². The highest BCUT2D eigenvalue weighted by atomic mass is 28.3. The van der Waals surface area contributed by atoms with Gasteiger partial charge in [-0.1, -0.05) is 114 Å². The van der Waals surface area contributed by atoms with Crippen LogP contribution in [-0.2, 0) is 0 Å². The van der Waals surface area contributed by atoms with Gasteiger partial charge in [0.05, 0.1) is 0 Å². The van der Waals surface area contributed by atoms with E-state index in [-0.39, 0.29) is 0 Å². The fraction of sp³-hybridized carbons (Fsp3) is 0.333. The van der Waals surface area contributed by atoms with Crippen molar-refractivity contribution >= 4 is 23.8 Å². The second-order valence-electron chi connectivity index (χ2n) is 9.14. The van der Waals surface area contributed by atoms with Crippen LogP contribution in [0.5, 0.6) is 0 Å². The van der Waals surface area contributed by atoms with Gasteiger partial charge in [0, 0.05) is 0 Å². The third-order valence-corrected chi connectivity index (χ3v) is 9.83. The molecule has 0 aromatic heterocycles. The van der Waals surface area contributed by atoms with E-state index < -0.39 is 8.24 Å². The van der Waals surface area contributed by atoms with Gasteiger partial charge in [-0.05, 0) is 50.0 Å². The third-order valence-electron chi connectivity index (χ3n) is 6.10. The maximum Gasteiger partial charge on any atom is 0.219 e. The number of nitrogens with two attached hydrogens (primary N) is 1. The Balaban J connectivity index is 2.14. The molecule has 0 unspecified atom stereocenters. The predicted octanol–water partition coefficient (Wildman–Crippen LogP) is 4.98. The van der Waals surface area contributed by atoms with E-state index in [2.05, 4.69) is 114 Å². The highest BCUT2D eigenvalue weighted by molar-refractivity contribution is 7.09. The van der Waals surface area contributed by atoms with Gasteiger partial charge in [0.25, 0.3) is 0 Å². The van der Waals surface area contributed by atoms with Gasteiger partial charge in [0.2, 0.25) is 8.24 Å². The van der Waals surface area contributed by atoms with Crippen LogP contribution >= 0.6 is 0 Å². The molecule has 0 atom stereocenters. The quantitative estimate of drug-likeness (QED) is 0.457. The Bertz CT molecular complexity index is 795. The molecule has 0 heterocycles. The zero-order chi connectivity index (χ0) is 21.2. The van der Waals surface area contributed by atoms with Crippen LogP contribution in [-0.4, -0.2) is 8.24 Å². The average Bonchev–Trinajstić information content (AvgIpc) is 2.73. The van der Waals surface area contributed by atoms with Crippen molar-refractivity contribution in [2.24, 2.45) is 5.40 Å². The molecule has 3 rings (SSSR count). The van der Waals surface area contributed by atoms with Crippen LogP contribution in [0.2, 0.25) is 0 Å². The number of rotatable bonds is 6. The standard InChI is InChI=1S/C27H35NSi/c1-19(2)22-7-13-25(14-8-22)29(28,26-15-9-23(10-16-26)20(3)4)27-17-11-24(12-18-27)21(5)6/h7-21H,28H2,1-6H3. The highest BCUT2D eigenvalue weighted by Crippen LogP contribution is 2.16. The van der Waals surface area contributed by atoms with Crippen molar-refractivity contribution in [2.75, 3.05) is 0 Å². The van der Waals surface area contributed by atoms with Crippen molar-refractivity contribution in [1.29, 1.82) is 0 Å². The lowest BCUT2D eigenvalue weighted by Crippen LogP contribution is -2.74. The molecule has 2 heteroatoms. The van der Waals surface area contributed by atoms with E-state index in [9.17, 15) is 0 Å². The summed E-state index contributed by atoms with van der Waals surface area (Å²) < 4.78 is 0. The predicted molar refractivity (Wildman–Crippen MR) is 130 cm³/mol. The smallest absolute Gasteiger partial charge is 0.219 e. The Morgan fingerprint density at radius 1 is 0.448 bits per heavy atom. The number of hydrogen-bond donors (Lipinski definition) is 1. The first-order chi connectivity index (χ1) is 13.7. The maximum absolute atomic E-state index is 7.38. The SMILES string of the molecule is CC(C)c1ccc([Si](N)(c2ccc(C(C)C)cc2)c2ccc(C(C)C)cc2)cc1. The molecule has 3 aromatic carbocycles. The molecule has 152 valence electrons. The maximum atomic E-state index is 7.38.